The second-order valence-corrected chi connectivity index (χ2v) is 5.87. The Morgan fingerprint density at radius 3 is 2.75 bits per heavy atom. The monoisotopic (exact) mass is 276 g/mol. The first-order valence-corrected chi connectivity index (χ1v) is 7.86. The molecule has 110 valence electrons. The molecule has 1 saturated heterocycles. The van der Waals surface area contributed by atoms with Gasteiger partial charge in [0, 0.05) is 32.7 Å². The van der Waals surface area contributed by atoms with E-state index < -0.39 is 0 Å². The lowest BCUT2D eigenvalue weighted by molar-refractivity contribution is 0.0786. The Kier molecular flexibility index (Phi) is 4.05. The molecule has 0 radical (unpaired) electrons. The van der Waals surface area contributed by atoms with Crippen molar-refractivity contribution in [3.8, 4) is 0 Å². The topological polar surface area (TPSA) is 41.4 Å². The van der Waals surface area contributed by atoms with E-state index in [1.54, 1.807) is 0 Å². The Bertz CT molecular complexity index is 476. The van der Waals surface area contributed by atoms with E-state index in [0.717, 1.165) is 58.5 Å². The molecule has 1 fully saturated rings. The number of hydrogen-bond donors (Lipinski definition) is 0. The fourth-order valence-corrected chi connectivity index (χ4v) is 3.22. The number of fused-ring (bicyclic) bond motifs is 1. The van der Waals surface area contributed by atoms with E-state index in [1.165, 1.54) is 12.1 Å². The van der Waals surface area contributed by atoms with Gasteiger partial charge in [0.2, 0.25) is 0 Å². The average molecular weight is 276 g/mol. The summed E-state index contributed by atoms with van der Waals surface area (Å²) in [4.78, 5) is 16.8. The van der Waals surface area contributed by atoms with Crippen LogP contribution < -0.4 is 0 Å². The third-order valence-electron chi connectivity index (χ3n) is 4.25. The maximum absolute atomic E-state index is 12.4. The Labute approximate surface area is 120 Å². The summed E-state index contributed by atoms with van der Waals surface area (Å²) in [5.41, 5.74) is 1.83. The molecular formula is C15H24N4O. The predicted molar refractivity (Wildman–Crippen MR) is 77.5 cm³/mol. The highest BCUT2D eigenvalue weighted by Gasteiger charge is 2.24. The van der Waals surface area contributed by atoms with Crippen molar-refractivity contribution in [1.82, 2.24) is 19.6 Å². The van der Waals surface area contributed by atoms with Gasteiger partial charge in [0.25, 0.3) is 5.91 Å². The highest BCUT2D eigenvalue weighted by molar-refractivity contribution is 5.92. The molecule has 0 saturated carbocycles. The Balaban J connectivity index is 1.76. The number of rotatable bonds is 3. The second-order valence-electron chi connectivity index (χ2n) is 5.87. The van der Waals surface area contributed by atoms with Crippen LogP contribution in [0.15, 0.2) is 6.07 Å². The summed E-state index contributed by atoms with van der Waals surface area (Å²) in [5, 5.41) is 4.55. The minimum Gasteiger partial charge on any atom is -0.337 e. The molecule has 5 nitrogen and oxygen atoms in total. The van der Waals surface area contributed by atoms with Crippen molar-refractivity contribution in [3.63, 3.8) is 0 Å². The Hall–Kier alpha value is -1.36. The number of aryl methyl sites for hydroxylation is 1. The summed E-state index contributed by atoms with van der Waals surface area (Å²) in [6.45, 7) is 8.11. The molecular weight excluding hydrogens is 252 g/mol. The quantitative estimate of drug-likeness (QED) is 0.844. The fraction of sp³-hybridized carbons (Fsp3) is 0.733. The summed E-state index contributed by atoms with van der Waals surface area (Å²) in [6.07, 6.45) is 4.55. The van der Waals surface area contributed by atoms with Crippen molar-refractivity contribution in [2.45, 2.75) is 45.7 Å². The first kappa shape index (κ1) is 13.6. The summed E-state index contributed by atoms with van der Waals surface area (Å²) in [5.74, 6) is 0.116. The Morgan fingerprint density at radius 1 is 1.20 bits per heavy atom. The highest BCUT2D eigenvalue weighted by atomic mass is 16.2. The molecule has 5 heteroatoms. The Morgan fingerprint density at radius 2 is 2.00 bits per heavy atom. The number of likely N-dealkylation sites (tertiary alicyclic amines) is 1. The van der Waals surface area contributed by atoms with Crippen LogP contribution >= 0.6 is 0 Å². The summed E-state index contributed by atoms with van der Waals surface area (Å²) < 4.78 is 2.04. The standard InChI is InChI=1S/C15H24N4O/c1-2-6-17-7-5-10-19-13(12-17)11-14(16-19)15(20)18-8-3-4-9-18/h11H,2-10,12H2,1H3. The summed E-state index contributed by atoms with van der Waals surface area (Å²) in [6, 6.07) is 2.01. The van der Waals surface area contributed by atoms with Crippen LogP contribution in [0.1, 0.15) is 48.8 Å². The molecule has 0 spiro atoms. The molecule has 2 aliphatic rings. The van der Waals surface area contributed by atoms with Gasteiger partial charge >= 0.3 is 0 Å². The van der Waals surface area contributed by atoms with Gasteiger partial charge in [-0.3, -0.25) is 14.4 Å². The van der Waals surface area contributed by atoms with Crippen molar-refractivity contribution in [1.29, 1.82) is 0 Å². The number of nitrogens with zero attached hydrogens (tertiary/aromatic N) is 4. The number of aromatic nitrogens is 2. The average Bonchev–Trinajstić information content (AvgIpc) is 3.06. The maximum Gasteiger partial charge on any atom is 0.274 e. The lowest BCUT2D eigenvalue weighted by Gasteiger charge is -2.17. The van der Waals surface area contributed by atoms with E-state index in [-0.39, 0.29) is 5.91 Å². The van der Waals surface area contributed by atoms with Crippen LogP contribution in [0.4, 0.5) is 0 Å². The van der Waals surface area contributed by atoms with E-state index in [9.17, 15) is 4.79 Å². The van der Waals surface area contributed by atoms with E-state index in [0.29, 0.717) is 5.69 Å². The van der Waals surface area contributed by atoms with Gasteiger partial charge in [-0.1, -0.05) is 6.92 Å². The highest BCUT2D eigenvalue weighted by Crippen LogP contribution is 2.17. The predicted octanol–water partition coefficient (Wildman–Crippen LogP) is 1.73. The van der Waals surface area contributed by atoms with Gasteiger partial charge in [-0.2, -0.15) is 5.10 Å². The normalized spacial score (nSPS) is 19.9. The van der Waals surface area contributed by atoms with Gasteiger partial charge in [0.1, 0.15) is 0 Å². The second kappa shape index (κ2) is 5.95. The molecule has 20 heavy (non-hydrogen) atoms. The molecule has 0 N–H and O–H groups in total. The van der Waals surface area contributed by atoms with Crippen LogP contribution in [0.2, 0.25) is 0 Å². The van der Waals surface area contributed by atoms with Crippen LogP contribution in [0.5, 0.6) is 0 Å². The van der Waals surface area contributed by atoms with Crippen molar-refractivity contribution in [2.24, 2.45) is 0 Å². The van der Waals surface area contributed by atoms with Crippen molar-refractivity contribution in [2.75, 3.05) is 26.2 Å². The smallest absolute Gasteiger partial charge is 0.274 e. The zero-order valence-electron chi connectivity index (χ0n) is 12.3. The van der Waals surface area contributed by atoms with Crippen molar-refractivity contribution >= 4 is 5.91 Å². The minimum absolute atomic E-state index is 0.116. The molecule has 2 aliphatic heterocycles. The lowest BCUT2D eigenvalue weighted by Crippen LogP contribution is -2.28. The molecule has 3 heterocycles. The SMILES string of the molecule is CCCN1CCCn2nc(C(=O)N3CCCC3)cc2C1. The number of hydrogen-bond acceptors (Lipinski definition) is 3. The molecule has 1 aromatic heterocycles. The van der Waals surface area contributed by atoms with Crippen LogP contribution in [0.25, 0.3) is 0 Å². The number of carbonyl (C=O) groups is 1. The molecule has 0 aromatic carbocycles. The van der Waals surface area contributed by atoms with Gasteiger partial charge in [-0.15, -0.1) is 0 Å². The zero-order valence-corrected chi connectivity index (χ0v) is 12.3. The van der Waals surface area contributed by atoms with Gasteiger partial charge in [0.15, 0.2) is 5.69 Å². The molecule has 0 unspecified atom stereocenters. The number of carbonyl (C=O) groups excluding carboxylic acids is 1. The third-order valence-corrected chi connectivity index (χ3v) is 4.25. The van der Waals surface area contributed by atoms with Crippen LogP contribution in [0.3, 0.4) is 0 Å². The molecule has 0 bridgehead atoms. The first-order chi connectivity index (χ1) is 9.78. The largest absolute Gasteiger partial charge is 0.337 e. The zero-order chi connectivity index (χ0) is 13.9. The number of amides is 1. The molecule has 0 aliphatic carbocycles. The molecule has 0 atom stereocenters. The van der Waals surface area contributed by atoms with Crippen LogP contribution in [-0.2, 0) is 13.1 Å². The molecule has 1 amide bonds. The van der Waals surface area contributed by atoms with Gasteiger partial charge in [-0.25, -0.2) is 0 Å². The first-order valence-electron chi connectivity index (χ1n) is 7.86. The van der Waals surface area contributed by atoms with Gasteiger partial charge in [-0.05, 0) is 38.3 Å². The summed E-state index contributed by atoms with van der Waals surface area (Å²) >= 11 is 0. The van der Waals surface area contributed by atoms with Crippen molar-refractivity contribution in [3.05, 3.63) is 17.5 Å². The summed E-state index contributed by atoms with van der Waals surface area (Å²) in [7, 11) is 0. The van der Waals surface area contributed by atoms with Crippen LogP contribution in [-0.4, -0.2) is 51.7 Å². The van der Waals surface area contributed by atoms with Gasteiger partial charge < -0.3 is 4.90 Å². The molecule has 3 rings (SSSR count). The van der Waals surface area contributed by atoms with E-state index in [1.807, 2.05) is 15.6 Å². The van der Waals surface area contributed by atoms with Crippen molar-refractivity contribution < 1.29 is 4.79 Å². The third kappa shape index (κ3) is 2.73. The van der Waals surface area contributed by atoms with E-state index in [4.69, 9.17) is 0 Å². The minimum atomic E-state index is 0.116. The van der Waals surface area contributed by atoms with Crippen LogP contribution in [0, 0.1) is 0 Å². The fourth-order valence-electron chi connectivity index (χ4n) is 3.22. The maximum atomic E-state index is 12.4. The van der Waals surface area contributed by atoms with E-state index >= 15 is 0 Å². The lowest BCUT2D eigenvalue weighted by atomic mass is 10.3. The molecule has 1 aromatic rings. The van der Waals surface area contributed by atoms with E-state index in [2.05, 4.69) is 16.9 Å². The van der Waals surface area contributed by atoms with Gasteiger partial charge in [0.05, 0.1) is 5.69 Å².